The Labute approximate surface area is 131 Å². The van der Waals surface area contributed by atoms with Gasteiger partial charge in [-0.2, -0.15) is 0 Å². The van der Waals surface area contributed by atoms with Gasteiger partial charge in [-0.3, -0.25) is 0 Å². The number of aryl methyl sites for hydroxylation is 2. The molecular weight excluding hydrogens is 284 g/mol. The van der Waals surface area contributed by atoms with E-state index in [0.717, 1.165) is 48.5 Å². The molecule has 2 atom stereocenters. The predicted octanol–water partition coefficient (Wildman–Crippen LogP) is 3.18. The van der Waals surface area contributed by atoms with Crippen LogP contribution in [0.2, 0.25) is 0 Å². The minimum atomic E-state index is 0.480. The van der Waals surface area contributed by atoms with Crippen LogP contribution in [-0.4, -0.2) is 44.9 Å². The van der Waals surface area contributed by atoms with E-state index in [4.69, 9.17) is 21.6 Å². The summed E-state index contributed by atoms with van der Waals surface area (Å²) in [7, 11) is 2.20. The Morgan fingerprint density at radius 1 is 1.33 bits per heavy atom. The van der Waals surface area contributed by atoms with E-state index in [2.05, 4.69) is 29.5 Å². The lowest BCUT2D eigenvalue weighted by Gasteiger charge is -2.36. The maximum Gasteiger partial charge on any atom is 0.160 e. The molecule has 0 aliphatic carbocycles. The number of pyridine rings is 1. The molecule has 3 rings (SSSR count). The summed E-state index contributed by atoms with van der Waals surface area (Å²) in [6.45, 7) is 5.46. The predicted molar refractivity (Wildman–Crippen MR) is 87.1 cm³/mol. The van der Waals surface area contributed by atoms with Gasteiger partial charge in [0.05, 0.1) is 0 Å². The third-order valence-electron chi connectivity index (χ3n) is 4.61. The summed E-state index contributed by atoms with van der Waals surface area (Å²) in [6.07, 6.45) is 3.10. The van der Waals surface area contributed by atoms with Gasteiger partial charge in [0.2, 0.25) is 0 Å². The summed E-state index contributed by atoms with van der Waals surface area (Å²) < 4.78 is 2.36. The normalized spacial score (nSPS) is 23.8. The van der Waals surface area contributed by atoms with Crippen molar-refractivity contribution in [2.75, 3.05) is 19.5 Å². The lowest BCUT2D eigenvalue weighted by molar-refractivity contribution is 0.157. The summed E-state index contributed by atoms with van der Waals surface area (Å²) in [5.41, 5.74) is 3.06. The van der Waals surface area contributed by atoms with Crippen LogP contribution in [0, 0.1) is 6.92 Å². The highest BCUT2D eigenvalue weighted by molar-refractivity contribution is 6.17. The quantitative estimate of drug-likeness (QED) is 0.817. The minimum absolute atomic E-state index is 0.480. The molecule has 1 aliphatic rings. The zero-order chi connectivity index (χ0) is 15.0. The van der Waals surface area contributed by atoms with Gasteiger partial charge in [-0.05, 0) is 45.9 Å². The molecule has 1 aliphatic heterocycles. The van der Waals surface area contributed by atoms with Gasteiger partial charge in [-0.25, -0.2) is 9.97 Å². The SMILES string of the molecule is Cc1ccc2nc(CCCl)n(C3CCN(C)C(C)C3)c2n1. The summed E-state index contributed by atoms with van der Waals surface area (Å²) in [5, 5.41) is 0. The van der Waals surface area contributed by atoms with Crippen LogP contribution in [0.1, 0.15) is 37.3 Å². The fraction of sp³-hybridized carbons (Fsp3) is 0.625. The van der Waals surface area contributed by atoms with E-state index in [9.17, 15) is 0 Å². The number of alkyl halides is 1. The standard InChI is InChI=1S/C16H23ClN4/c1-11-4-5-14-16(18-11)21(15(19-14)6-8-17)13-7-9-20(3)12(2)10-13/h4-5,12-13H,6-10H2,1-3H3. The lowest BCUT2D eigenvalue weighted by atomic mass is 9.98. The third kappa shape index (κ3) is 2.79. The van der Waals surface area contributed by atoms with Crippen LogP contribution in [0.4, 0.5) is 0 Å². The van der Waals surface area contributed by atoms with Gasteiger partial charge in [-0.15, -0.1) is 11.6 Å². The molecule has 0 N–H and O–H groups in total. The van der Waals surface area contributed by atoms with Crippen LogP contribution >= 0.6 is 11.6 Å². The molecule has 0 aromatic carbocycles. The number of hydrogen-bond acceptors (Lipinski definition) is 3. The van der Waals surface area contributed by atoms with Crippen molar-refractivity contribution in [2.45, 2.75) is 45.2 Å². The highest BCUT2D eigenvalue weighted by Gasteiger charge is 2.27. The molecule has 3 heterocycles. The van der Waals surface area contributed by atoms with Crippen molar-refractivity contribution in [1.82, 2.24) is 19.4 Å². The molecule has 2 unspecified atom stereocenters. The molecule has 4 nitrogen and oxygen atoms in total. The Hall–Kier alpha value is -1.13. The fourth-order valence-corrected chi connectivity index (χ4v) is 3.43. The molecule has 0 amide bonds. The molecule has 2 aromatic rings. The largest absolute Gasteiger partial charge is 0.309 e. The zero-order valence-corrected chi connectivity index (χ0v) is 13.8. The van der Waals surface area contributed by atoms with Crippen molar-refractivity contribution < 1.29 is 0 Å². The first-order valence-electron chi connectivity index (χ1n) is 7.71. The first-order chi connectivity index (χ1) is 10.1. The number of fused-ring (bicyclic) bond motifs is 1. The van der Waals surface area contributed by atoms with E-state index in [-0.39, 0.29) is 0 Å². The number of hydrogen-bond donors (Lipinski definition) is 0. The van der Waals surface area contributed by atoms with Gasteiger partial charge >= 0.3 is 0 Å². The number of imidazole rings is 1. The van der Waals surface area contributed by atoms with Crippen LogP contribution in [0.15, 0.2) is 12.1 Å². The molecule has 0 spiro atoms. The summed E-state index contributed by atoms with van der Waals surface area (Å²) >= 11 is 5.98. The van der Waals surface area contributed by atoms with Crippen molar-refractivity contribution in [2.24, 2.45) is 0 Å². The van der Waals surface area contributed by atoms with Crippen molar-refractivity contribution >= 4 is 22.8 Å². The van der Waals surface area contributed by atoms with Crippen LogP contribution in [0.3, 0.4) is 0 Å². The Morgan fingerprint density at radius 3 is 2.86 bits per heavy atom. The Kier molecular flexibility index (Phi) is 4.18. The lowest BCUT2D eigenvalue weighted by Crippen LogP contribution is -2.38. The topological polar surface area (TPSA) is 34.0 Å². The van der Waals surface area contributed by atoms with Gasteiger partial charge in [0.25, 0.3) is 0 Å². The van der Waals surface area contributed by atoms with Gasteiger partial charge in [0, 0.05) is 36.6 Å². The van der Waals surface area contributed by atoms with E-state index in [1.165, 1.54) is 0 Å². The Bertz CT molecular complexity index is 636. The molecule has 1 fully saturated rings. The number of aromatic nitrogens is 3. The van der Waals surface area contributed by atoms with Gasteiger partial charge in [0.1, 0.15) is 11.3 Å². The highest BCUT2D eigenvalue weighted by atomic mass is 35.5. The number of likely N-dealkylation sites (tertiary alicyclic amines) is 1. The van der Waals surface area contributed by atoms with E-state index >= 15 is 0 Å². The number of piperidine rings is 1. The van der Waals surface area contributed by atoms with Crippen molar-refractivity contribution in [1.29, 1.82) is 0 Å². The molecule has 2 aromatic heterocycles. The van der Waals surface area contributed by atoms with Crippen LogP contribution in [0.25, 0.3) is 11.2 Å². The van der Waals surface area contributed by atoms with Crippen LogP contribution in [0.5, 0.6) is 0 Å². The van der Waals surface area contributed by atoms with Gasteiger partial charge in [-0.1, -0.05) is 0 Å². The summed E-state index contributed by atoms with van der Waals surface area (Å²) in [5.74, 6) is 1.68. The maximum absolute atomic E-state index is 5.98. The zero-order valence-electron chi connectivity index (χ0n) is 13.0. The first-order valence-corrected chi connectivity index (χ1v) is 8.24. The smallest absolute Gasteiger partial charge is 0.160 e. The summed E-state index contributed by atoms with van der Waals surface area (Å²) in [4.78, 5) is 11.9. The number of rotatable bonds is 3. The van der Waals surface area contributed by atoms with Crippen LogP contribution < -0.4 is 0 Å². The Morgan fingerprint density at radius 2 is 2.14 bits per heavy atom. The van der Waals surface area contributed by atoms with Crippen LogP contribution in [-0.2, 0) is 6.42 Å². The number of halogens is 1. The average Bonchev–Trinajstić information content (AvgIpc) is 2.80. The van der Waals surface area contributed by atoms with Gasteiger partial charge in [0.15, 0.2) is 5.65 Å². The summed E-state index contributed by atoms with van der Waals surface area (Å²) in [6, 6.07) is 5.18. The third-order valence-corrected chi connectivity index (χ3v) is 4.80. The van der Waals surface area contributed by atoms with Gasteiger partial charge < -0.3 is 9.47 Å². The first kappa shape index (κ1) is 14.8. The van der Waals surface area contributed by atoms with E-state index < -0.39 is 0 Å². The van der Waals surface area contributed by atoms with Crippen molar-refractivity contribution in [3.05, 3.63) is 23.7 Å². The van der Waals surface area contributed by atoms with Crippen molar-refractivity contribution in [3.8, 4) is 0 Å². The van der Waals surface area contributed by atoms with E-state index in [1.54, 1.807) is 0 Å². The second-order valence-electron chi connectivity index (χ2n) is 6.14. The fourth-order valence-electron chi connectivity index (χ4n) is 3.26. The maximum atomic E-state index is 5.98. The van der Waals surface area contributed by atoms with E-state index in [0.29, 0.717) is 18.0 Å². The molecule has 21 heavy (non-hydrogen) atoms. The minimum Gasteiger partial charge on any atom is -0.309 e. The molecule has 0 radical (unpaired) electrons. The molecule has 0 saturated carbocycles. The van der Waals surface area contributed by atoms with E-state index in [1.807, 2.05) is 13.0 Å². The Balaban J connectivity index is 2.06. The average molecular weight is 307 g/mol. The second kappa shape index (κ2) is 5.93. The molecule has 0 bridgehead atoms. The number of nitrogens with zero attached hydrogens (tertiary/aromatic N) is 4. The molecule has 1 saturated heterocycles. The van der Waals surface area contributed by atoms with Crippen molar-refractivity contribution in [3.63, 3.8) is 0 Å². The highest BCUT2D eigenvalue weighted by Crippen LogP contribution is 2.30. The monoisotopic (exact) mass is 306 g/mol. The second-order valence-corrected chi connectivity index (χ2v) is 6.52. The molecule has 5 heteroatoms. The molecule has 114 valence electrons. The molecular formula is C16H23ClN4.